The maximum Gasteiger partial charge on any atom is 0.126 e. The van der Waals surface area contributed by atoms with E-state index in [1.54, 1.807) is 28.4 Å². The predicted molar refractivity (Wildman–Crippen MR) is 132 cm³/mol. The van der Waals surface area contributed by atoms with Crippen LogP contribution in [0.15, 0.2) is 36.4 Å². The van der Waals surface area contributed by atoms with E-state index in [-0.39, 0.29) is 5.41 Å². The summed E-state index contributed by atoms with van der Waals surface area (Å²) in [6.07, 6.45) is 2.38. The third-order valence-corrected chi connectivity index (χ3v) is 8.63. The zero-order valence-corrected chi connectivity index (χ0v) is 21.8. The van der Waals surface area contributed by atoms with Gasteiger partial charge in [-0.25, -0.2) is 0 Å². The van der Waals surface area contributed by atoms with Crippen LogP contribution in [-0.2, 0) is 16.9 Å². The van der Waals surface area contributed by atoms with E-state index < -0.39 is 7.14 Å². The standard InChI is InChI=1S/C26H39O5P/c1-19(15-26(2,3)4)16-32(27,17-20-22(28-5)11-9-12-23(20)29-6)18-21-24(30-7)13-10-14-25(21)31-8/h9-14,19H,15-18H2,1-8H3. The lowest BCUT2D eigenvalue weighted by molar-refractivity contribution is 0.320. The van der Waals surface area contributed by atoms with E-state index in [1.165, 1.54) is 0 Å². The topological polar surface area (TPSA) is 54.0 Å². The van der Waals surface area contributed by atoms with Crippen molar-refractivity contribution in [3.05, 3.63) is 47.5 Å². The summed E-state index contributed by atoms with van der Waals surface area (Å²) < 4.78 is 37.1. The molecule has 1 atom stereocenters. The van der Waals surface area contributed by atoms with E-state index in [4.69, 9.17) is 18.9 Å². The number of hydrogen-bond acceptors (Lipinski definition) is 5. The summed E-state index contributed by atoms with van der Waals surface area (Å²) in [6, 6.07) is 11.3. The highest BCUT2D eigenvalue weighted by Crippen LogP contribution is 2.58. The van der Waals surface area contributed by atoms with Crippen molar-refractivity contribution in [2.75, 3.05) is 34.6 Å². The van der Waals surface area contributed by atoms with Crippen molar-refractivity contribution in [1.29, 1.82) is 0 Å². The monoisotopic (exact) mass is 462 g/mol. The smallest absolute Gasteiger partial charge is 0.126 e. The quantitative estimate of drug-likeness (QED) is 0.342. The Hall–Kier alpha value is -2.13. The van der Waals surface area contributed by atoms with Crippen LogP contribution in [0.2, 0.25) is 0 Å². The molecule has 0 radical (unpaired) electrons. The number of rotatable bonds is 11. The van der Waals surface area contributed by atoms with Crippen LogP contribution >= 0.6 is 7.14 Å². The van der Waals surface area contributed by atoms with Gasteiger partial charge in [0.25, 0.3) is 0 Å². The lowest BCUT2D eigenvalue weighted by atomic mass is 9.86. The van der Waals surface area contributed by atoms with Crippen molar-refractivity contribution in [2.24, 2.45) is 11.3 Å². The van der Waals surface area contributed by atoms with Gasteiger partial charge in [-0.2, -0.15) is 0 Å². The Morgan fingerprint density at radius 3 is 1.38 bits per heavy atom. The molecule has 2 aromatic carbocycles. The molecule has 0 aliphatic rings. The minimum absolute atomic E-state index is 0.161. The molecule has 1 unspecified atom stereocenters. The highest BCUT2D eigenvalue weighted by molar-refractivity contribution is 7.62. The number of hydrogen-bond donors (Lipinski definition) is 0. The largest absolute Gasteiger partial charge is 0.496 e. The van der Waals surface area contributed by atoms with E-state index in [0.717, 1.165) is 17.5 Å². The Kier molecular flexibility index (Phi) is 9.09. The van der Waals surface area contributed by atoms with Crippen LogP contribution in [0.1, 0.15) is 45.2 Å². The van der Waals surface area contributed by atoms with Crippen LogP contribution < -0.4 is 18.9 Å². The molecule has 0 spiro atoms. The second-order valence-electron chi connectivity index (χ2n) is 9.71. The van der Waals surface area contributed by atoms with Gasteiger partial charge < -0.3 is 23.5 Å². The molecule has 0 aliphatic heterocycles. The first-order valence-electron chi connectivity index (χ1n) is 11.0. The van der Waals surface area contributed by atoms with Crippen LogP contribution in [0.3, 0.4) is 0 Å². The van der Waals surface area contributed by atoms with Crippen molar-refractivity contribution in [3.63, 3.8) is 0 Å². The third kappa shape index (κ3) is 6.93. The predicted octanol–water partition coefficient (Wildman–Crippen LogP) is 6.86. The third-order valence-electron chi connectivity index (χ3n) is 5.56. The molecule has 178 valence electrons. The molecule has 0 N–H and O–H groups in total. The van der Waals surface area contributed by atoms with Crippen molar-refractivity contribution >= 4 is 7.14 Å². The Balaban J connectivity index is 2.54. The Morgan fingerprint density at radius 1 is 0.750 bits per heavy atom. The van der Waals surface area contributed by atoms with E-state index in [2.05, 4.69) is 27.7 Å². The van der Waals surface area contributed by atoms with Gasteiger partial charge in [0.1, 0.15) is 23.0 Å². The molecule has 0 fully saturated rings. The molecule has 2 aromatic rings. The number of methoxy groups -OCH3 is 4. The lowest BCUT2D eigenvalue weighted by Crippen LogP contribution is -2.15. The van der Waals surface area contributed by atoms with Gasteiger partial charge in [-0.3, -0.25) is 0 Å². The second-order valence-corrected chi connectivity index (χ2v) is 12.8. The molecule has 6 heteroatoms. The molecule has 0 bridgehead atoms. The summed E-state index contributed by atoms with van der Waals surface area (Å²) in [6.45, 7) is 8.86. The molecular weight excluding hydrogens is 423 g/mol. The normalized spacial score (nSPS) is 12.9. The Morgan fingerprint density at radius 2 is 1.09 bits per heavy atom. The first kappa shape index (κ1) is 26.1. The van der Waals surface area contributed by atoms with Crippen molar-refractivity contribution in [3.8, 4) is 23.0 Å². The molecule has 0 amide bonds. The summed E-state index contributed by atoms with van der Waals surface area (Å²) >= 11 is 0. The summed E-state index contributed by atoms with van der Waals surface area (Å²) in [5, 5.41) is 0. The average Bonchev–Trinajstić information content (AvgIpc) is 2.72. The highest BCUT2D eigenvalue weighted by Gasteiger charge is 2.32. The van der Waals surface area contributed by atoms with Gasteiger partial charge in [-0.1, -0.05) is 39.8 Å². The first-order valence-corrected chi connectivity index (χ1v) is 13.3. The molecule has 5 nitrogen and oxygen atoms in total. The summed E-state index contributed by atoms with van der Waals surface area (Å²) in [4.78, 5) is 0. The average molecular weight is 463 g/mol. The van der Waals surface area contributed by atoms with Crippen molar-refractivity contribution < 1.29 is 23.5 Å². The molecular formula is C26H39O5P. The molecule has 32 heavy (non-hydrogen) atoms. The molecule has 0 saturated carbocycles. The van der Waals surface area contributed by atoms with Crippen molar-refractivity contribution in [2.45, 2.75) is 46.4 Å². The van der Waals surface area contributed by atoms with E-state index in [9.17, 15) is 4.57 Å². The van der Waals surface area contributed by atoms with Crippen LogP contribution in [-0.4, -0.2) is 34.6 Å². The van der Waals surface area contributed by atoms with Gasteiger partial charge >= 0.3 is 0 Å². The number of benzene rings is 2. The minimum atomic E-state index is -2.79. The maximum atomic E-state index is 14.7. The fraction of sp³-hybridized carbons (Fsp3) is 0.538. The summed E-state index contributed by atoms with van der Waals surface area (Å²) in [7, 11) is 3.75. The fourth-order valence-electron chi connectivity index (χ4n) is 4.61. The number of ether oxygens (including phenoxy) is 4. The van der Waals surface area contributed by atoms with Gasteiger partial charge in [-0.15, -0.1) is 0 Å². The Labute approximate surface area is 193 Å². The van der Waals surface area contributed by atoms with Gasteiger partial charge in [0, 0.05) is 29.6 Å². The van der Waals surface area contributed by atoms with Gasteiger partial charge in [0.05, 0.1) is 35.6 Å². The van der Waals surface area contributed by atoms with E-state index in [1.807, 2.05) is 36.4 Å². The van der Waals surface area contributed by atoms with Crippen LogP contribution in [0, 0.1) is 11.3 Å². The molecule has 2 rings (SSSR count). The maximum absolute atomic E-state index is 14.7. The minimum Gasteiger partial charge on any atom is -0.496 e. The molecule has 0 saturated heterocycles. The zero-order valence-electron chi connectivity index (χ0n) is 20.9. The summed E-state index contributed by atoms with van der Waals surface area (Å²) in [5.74, 6) is 3.07. The lowest BCUT2D eigenvalue weighted by Gasteiger charge is -2.28. The van der Waals surface area contributed by atoms with Gasteiger partial charge in [-0.05, 0) is 42.0 Å². The first-order chi connectivity index (χ1) is 15.1. The second kappa shape index (κ2) is 11.1. The van der Waals surface area contributed by atoms with Crippen LogP contribution in [0.5, 0.6) is 23.0 Å². The summed E-state index contributed by atoms with van der Waals surface area (Å²) in [5.41, 5.74) is 1.85. The Bertz CT molecular complexity index is 826. The molecule has 0 aromatic heterocycles. The van der Waals surface area contributed by atoms with E-state index >= 15 is 0 Å². The van der Waals surface area contributed by atoms with Gasteiger partial charge in [0.2, 0.25) is 0 Å². The van der Waals surface area contributed by atoms with Gasteiger partial charge in [0.15, 0.2) is 0 Å². The fourth-order valence-corrected chi connectivity index (χ4v) is 8.02. The van der Waals surface area contributed by atoms with E-state index in [0.29, 0.717) is 47.4 Å². The zero-order chi connectivity index (χ0) is 23.9. The SMILES string of the molecule is COc1cccc(OC)c1CP(=O)(Cc1c(OC)cccc1OC)CC(C)CC(C)(C)C. The molecule has 0 aliphatic carbocycles. The van der Waals surface area contributed by atoms with Crippen LogP contribution in [0.4, 0.5) is 0 Å². The highest BCUT2D eigenvalue weighted by atomic mass is 31.2. The van der Waals surface area contributed by atoms with Crippen molar-refractivity contribution in [1.82, 2.24) is 0 Å². The van der Waals surface area contributed by atoms with Crippen LogP contribution in [0.25, 0.3) is 0 Å². The molecule has 0 heterocycles.